The van der Waals surface area contributed by atoms with Crippen LogP contribution >= 0.6 is 0 Å². The number of aryl methyl sites for hydroxylation is 1. The van der Waals surface area contributed by atoms with Crippen molar-refractivity contribution >= 4 is 17.6 Å². The standard InChI is InChI=1S/C12H10FNO3/c1-5-2-3-7(13)8-9(5)14-11(17)12(8)4-6(12)10(15)16/h2-3,6H,4H2,1H3,(H,14,17)(H,15,16). The van der Waals surface area contributed by atoms with E-state index in [0.717, 1.165) is 5.56 Å². The van der Waals surface area contributed by atoms with Crippen molar-refractivity contribution in [3.8, 4) is 0 Å². The lowest BCUT2D eigenvalue weighted by Gasteiger charge is -2.08. The zero-order chi connectivity index (χ0) is 12.4. The Hall–Kier alpha value is -1.91. The molecule has 2 aliphatic rings. The third kappa shape index (κ3) is 1.06. The second kappa shape index (κ2) is 2.85. The van der Waals surface area contributed by atoms with Gasteiger partial charge < -0.3 is 10.4 Å². The first-order chi connectivity index (χ1) is 7.98. The van der Waals surface area contributed by atoms with E-state index >= 15 is 0 Å². The van der Waals surface area contributed by atoms with Crippen LogP contribution in [0.15, 0.2) is 12.1 Å². The number of amides is 1. The molecule has 1 aliphatic heterocycles. The molecule has 1 aromatic rings. The van der Waals surface area contributed by atoms with Gasteiger partial charge >= 0.3 is 5.97 Å². The topological polar surface area (TPSA) is 66.4 Å². The number of hydrogen-bond acceptors (Lipinski definition) is 2. The van der Waals surface area contributed by atoms with Crippen molar-refractivity contribution in [1.29, 1.82) is 0 Å². The molecule has 2 unspecified atom stereocenters. The molecule has 17 heavy (non-hydrogen) atoms. The Labute approximate surface area is 96.4 Å². The Kier molecular flexibility index (Phi) is 1.72. The maximum Gasteiger partial charge on any atom is 0.307 e. The largest absolute Gasteiger partial charge is 0.481 e. The second-order valence-corrected chi connectivity index (χ2v) is 4.63. The molecule has 0 saturated heterocycles. The zero-order valence-corrected chi connectivity index (χ0v) is 9.08. The van der Waals surface area contributed by atoms with Gasteiger partial charge in [-0.15, -0.1) is 0 Å². The van der Waals surface area contributed by atoms with Crippen LogP contribution in [0.3, 0.4) is 0 Å². The molecular formula is C12H10FNO3. The molecule has 1 heterocycles. The van der Waals surface area contributed by atoms with E-state index in [-0.39, 0.29) is 12.0 Å². The number of nitrogens with one attached hydrogen (secondary N) is 1. The number of aliphatic carboxylic acids is 1. The summed E-state index contributed by atoms with van der Waals surface area (Å²) < 4.78 is 13.8. The average Bonchev–Trinajstić information content (AvgIpc) is 2.92. The minimum atomic E-state index is -1.17. The summed E-state index contributed by atoms with van der Waals surface area (Å²) in [7, 11) is 0. The molecule has 2 N–H and O–H groups in total. The highest BCUT2D eigenvalue weighted by atomic mass is 19.1. The number of hydrogen-bond donors (Lipinski definition) is 2. The fourth-order valence-corrected chi connectivity index (χ4v) is 2.71. The van der Waals surface area contributed by atoms with Crippen LogP contribution in [0.5, 0.6) is 0 Å². The molecule has 1 amide bonds. The normalized spacial score (nSPS) is 29.1. The van der Waals surface area contributed by atoms with Gasteiger partial charge in [0.2, 0.25) is 5.91 Å². The highest BCUT2D eigenvalue weighted by Crippen LogP contribution is 2.61. The molecule has 2 atom stereocenters. The Morgan fingerprint density at radius 1 is 1.59 bits per heavy atom. The molecule has 0 aromatic heterocycles. The smallest absolute Gasteiger partial charge is 0.307 e. The van der Waals surface area contributed by atoms with Gasteiger partial charge in [0, 0.05) is 5.56 Å². The number of benzene rings is 1. The molecule has 3 rings (SSSR count). The molecule has 4 nitrogen and oxygen atoms in total. The van der Waals surface area contributed by atoms with Crippen molar-refractivity contribution in [3.63, 3.8) is 0 Å². The van der Waals surface area contributed by atoms with Gasteiger partial charge in [0.25, 0.3) is 0 Å². The van der Waals surface area contributed by atoms with Gasteiger partial charge in [-0.1, -0.05) is 6.07 Å². The Bertz CT molecular complexity index is 569. The molecule has 1 spiro atoms. The molecule has 1 fully saturated rings. The number of carboxylic acid groups (broad SMARTS) is 1. The van der Waals surface area contributed by atoms with Gasteiger partial charge in [0.1, 0.15) is 5.82 Å². The summed E-state index contributed by atoms with van der Waals surface area (Å²) >= 11 is 0. The van der Waals surface area contributed by atoms with Gasteiger partial charge in [-0.3, -0.25) is 9.59 Å². The maximum absolute atomic E-state index is 13.8. The van der Waals surface area contributed by atoms with Crippen molar-refractivity contribution in [2.24, 2.45) is 5.92 Å². The van der Waals surface area contributed by atoms with Crippen LogP contribution in [0.2, 0.25) is 0 Å². The van der Waals surface area contributed by atoms with Crippen molar-refractivity contribution < 1.29 is 19.1 Å². The van der Waals surface area contributed by atoms with E-state index in [1.54, 1.807) is 13.0 Å². The Morgan fingerprint density at radius 2 is 2.29 bits per heavy atom. The summed E-state index contributed by atoms with van der Waals surface area (Å²) in [4.78, 5) is 22.9. The van der Waals surface area contributed by atoms with Crippen LogP contribution in [-0.2, 0) is 15.0 Å². The van der Waals surface area contributed by atoms with Crippen LogP contribution in [0.25, 0.3) is 0 Å². The first kappa shape index (κ1) is 10.3. The van der Waals surface area contributed by atoms with E-state index in [0.29, 0.717) is 5.69 Å². The number of carbonyl (C=O) groups is 2. The average molecular weight is 235 g/mol. The molecule has 0 bridgehead atoms. The number of carbonyl (C=O) groups excluding carboxylic acids is 1. The Morgan fingerprint density at radius 3 is 2.88 bits per heavy atom. The van der Waals surface area contributed by atoms with Gasteiger partial charge in [-0.05, 0) is 25.0 Å². The molecule has 1 aliphatic carbocycles. The van der Waals surface area contributed by atoms with E-state index in [1.165, 1.54) is 6.07 Å². The van der Waals surface area contributed by atoms with Crippen molar-refractivity contribution in [1.82, 2.24) is 0 Å². The molecular weight excluding hydrogens is 225 g/mol. The third-order valence-corrected chi connectivity index (χ3v) is 3.71. The summed E-state index contributed by atoms with van der Waals surface area (Å²) in [5.41, 5.74) is 0.258. The van der Waals surface area contributed by atoms with E-state index in [2.05, 4.69) is 5.32 Å². The SMILES string of the molecule is Cc1ccc(F)c2c1NC(=O)C21CC1C(=O)O. The van der Waals surface area contributed by atoms with Crippen LogP contribution in [0.4, 0.5) is 10.1 Å². The number of fused-ring (bicyclic) bond motifs is 2. The number of anilines is 1. The highest BCUT2D eigenvalue weighted by Gasteiger charge is 2.69. The summed E-state index contributed by atoms with van der Waals surface area (Å²) in [6.07, 6.45) is 0.182. The highest BCUT2D eigenvalue weighted by molar-refractivity contribution is 6.12. The first-order valence-corrected chi connectivity index (χ1v) is 5.32. The molecule has 5 heteroatoms. The third-order valence-electron chi connectivity index (χ3n) is 3.71. The van der Waals surface area contributed by atoms with Gasteiger partial charge in [-0.25, -0.2) is 4.39 Å². The van der Waals surface area contributed by atoms with E-state index in [4.69, 9.17) is 5.11 Å². The molecule has 1 aromatic carbocycles. The van der Waals surface area contributed by atoms with Crippen LogP contribution < -0.4 is 5.32 Å². The Balaban J connectivity index is 2.22. The fourth-order valence-electron chi connectivity index (χ4n) is 2.71. The predicted molar refractivity (Wildman–Crippen MR) is 57.2 cm³/mol. The maximum atomic E-state index is 13.8. The van der Waals surface area contributed by atoms with Crippen LogP contribution in [0, 0.1) is 18.7 Å². The zero-order valence-electron chi connectivity index (χ0n) is 9.08. The molecule has 0 radical (unpaired) electrons. The van der Waals surface area contributed by atoms with Crippen LogP contribution in [-0.4, -0.2) is 17.0 Å². The van der Waals surface area contributed by atoms with Gasteiger partial charge in [0.15, 0.2) is 0 Å². The van der Waals surface area contributed by atoms with Crippen molar-refractivity contribution in [2.75, 3.05) is 5.32 Å². The molecule has 1 saturated carbocycles. The minimum absolute atomic E-state index is 0.182. The molecule has 88 valence electrons. The summed E-state index contributed by atoms with van der Waals surface area (Å²) in [5.74, 6) is -2.75. The van der Waals surface area contributed by atoms with E-state index < -0.39 is 29.0 Å². The van der Waals surface area contributed by atoms with Crippen molar-refractivity contribution in [3.05, 3.63) is 29.1 Å². The predicted octanol–water partition coefficient (Wildman–Crippen LogP) is 1.43. The number of carboxylic acids is 1. The summed E-state index contributed by atoms with van der Waals surface area (Å²) in [6, 6.07) is 2.86. The lowest BCUT2D eigenvalue weighted by Crippen LogP contribution is -2.24. The first-order valence-electron chi connectivity index (χ1n) is 5.32. The minimum Gasteiger partial charge on any atom is -0.481 e. The summed E-state index contributed by atoms with van der Waals surface area (Å²) in [6.45, 7) is 1.76. The lowest BCUT2D eigenvalue weighted by atomic mass is 9.93. The van der Waals surface area contributed by atoms with E-state index in [9.17, 15) is 14.0 Å². The van der Waals surface area contributed by atoms with Gasteiger partial charge in [-0.2, -0.15) is 0 Å². The second-order valence-electron chi connectivity index (χ2n) is 4.63. The lowest BCUT2D eigenvalue weighted by molar-refractivity contribution is -0.140. The summed E-state index contributed by atoms with van der Waals surface area (Å²) in [5, 5.41) is 11.6. The fraction of sp³-hybridized carbons (Fsp3) is 0.333. The number of rotatable bonds is 1. The monoisotopic (exact) mass is 235 g/mol. The van der Waals surface area contributed by atoms with Crippen LogP contribution in [0.1, 0.15) is 17.5 Å². The quantitative estimate of drug-likeness (QED) is 0.773. The van der Waals surface area contributed by atoms with E-state index in [1.807, 2.05) is 0 Å². The van der Waals surface area contributed by atoms with Gasteiger partial charge in [0.05, 0.1) is 17.0 Å². The number of halogens is 1. The van der Waals surface area contributed by atoms with Crippen molar-refractivity contribution in [2.45, 2.75) is 18.8 Å².